The lowest BCUT2D eigenvalue weighted by molar-refractivity contribution is -0.924. The van der Waals surface area contributed by atoms with Crippen LogP contribution in [0.2, 0.25) is 0 Å². The van der Waals surface area contributed by atoms with Crippen LogP contribution < -0.4 is 10.5 Å². The van der Waals surface area contributed by atoms with Gasteiger partial charge in [0.25, 0.3) is 5.56 Å². The Hall–Kier alpha value is -2.46. The summed E-state index contributed by atoms with van der Waals surface area (Å²) in [4.78, 5) is 21.1. The average molecular weight is 308 g/mol. The molecule has 0 fully saturated rings. The van der Waals surface area contributed by atoms with Gasteiger partial charge in [-0.1, -0.05) is 42.0 Å². The quantitative estimate of drug-likeness (QED) is 0.774. The number of H-pyrrole nitrogens is 1. The highest BCUT2D eigenvalue weighted by atomic mass is 16.1. The molecule has 118 valence electrons. The molecule has 0 radical (unpaired) electrons. The second kappa shape index (κ2) is 6.34. The second-order valence-electron chi connectivity index (χ2n) is 6.20. The van der Waals surface area contributed by atoms with Crippen LogP contribution in [0, 0.1) is 6.92 Å². The van der Waals surface area contributed by atoms with E-state index in [-0.39, 0.29) is 11.6 Å². The van der Waals surface area contributed by atoms with Gasteiger partial charge in [-0.15, -0.1) is 0 Å². The molecule has 3 rings (SSSR count). The minimum absolute atomic E-state index is 0.0689. The van der Waals surface area contributed by atoms with Crippen LogP contribution in [0.15, 0.2) is 53.3 Å². The van der Waals surface area contributed by atoms with Gasteiger partial charge in [-0.2, -0.15) is 0 Å². The Kier molecular flexibility index (Phi) is 4.26. The third kappa shape index (κ3) is 3.32. The van der Waals surface area contributed by atoms with Crippen molar-refractivity contribution in [3.8, 4) is 0 Å². The summed E-state index contributed by atoms with van der Waals surface area (Å²) in [6.45, 7) is 5.07. The lowest BCUT2D eigenvalue weighted by Gasteiger charge is -2.21. The van der Waals surface area contributed by atoms with Crippen LogP contribution in [0.25, 0.3) is 10.9 Å². The van der Waals surface area contributed by atoms with Gasteiger partial charge in [-0.05, 0) is 26.0 Å². The molecule has 1 aromatic heterocycles. The van der Waals surface area contributed by atoms with Gasteiger partial charge in [0.1, 0.15) is 12.6 Å². The van der Waals surface area contributed by atoms with Crippen molar-refractivity contribution in [2.45, 2.75) is 26.4 Å². The van der Waals surface area contributed by atoms with Crippen LogP contribution >= 0.6 is 0 Å². The first-order valence-electron chi connectivity index (χ1n) is 7.91. The number of aromatic nitrogens is 2. The van der Waals surface area contributed by atoms with Gasteiger partial charge in [0.15, 0.2) is 5.82 Å². The molecule has 0 saturated carbocycles. The van der Waals surface area contributed by atoms with Crippen LogP contribution in [0.1, 0.15) is 29.9 Å². The second-order valence-corrected chi connectivity index (χ2v) is 6.20. The van der Waals surface area contributed by atoms with E-state index in [1.165, 1.54) is 16.0 Å². The zero-order chi connectivity index (χ0) is 16.4. The first kappa shape index (κ1) is 15.4. The fraction of sp³-hybridized carbons (Fsp3) is 0.263. The summed E-state index contributed by atoms with van der Waals surface area (Å²) in [5.74, 6) is 0.735. The molecule has 0 saturated heterocycles. The summed E-state index contributed by atoms with van der Waals surface area (Å²) in [6.07, 6.45) is 0. The fourth-order valence-electron chi connectivity index (χ4n) is 2.72. The SMILES string of the molecule is Cc1ccc(C[NH+](C)[C@@H](C)c2nc3ccccc3c(=O)[nH]2)cc1. The Balaban J connectivity index is 1.85. The van der Waals surface area contributed by atoms with E-state index in [0.29, 0.717) is 5.39 Å². The van der Waals surface area contributed by atoms with Gasteiger partial charge in [0.2, 0.25) is 0 Å². The Morgan fingerprint density at radius 3 is 2.57 bits per heavy atom. The predicted octanol–water partition coefficient (Wildman–Crippen LogP) is 2.01. The summed E-state index contributed by atoms with van der Waals surface area (Å²) < 4.78 is 0. The van der Waals surface area contributed by atoms with Gasteiger partial charge in [-0.25, -0.2) is 4.98 Å². The molecule has 0 amide bonds. The van der Waals surface area contributed by atoms with Crippen LogP contribution in [0.4, 0.5) is 0 Å². The van der Waals surface area contributed by atoms with E-state index in [4.69, 9.17) is 0 Å². The zero-order valence-corrected chi connectivity index (χ0v) is 13.8. The number of benzene rings is 2. The molecule has 23 heavy (non-hydrogen) atoms. The largest absolute Gasteiger partial charge is 0.325 e. The molecule has 0 aliphatic carbocycles. The van der Waals surface area contributed by atoms with E-state index in [0.717, 1.165) is 17.9 Å². The number of aromatic amines is 1. The normalized spacial score (nSPS) is 13.9. The minimum Gasteiger partial charge on any atom is -0.325 e. The summed E-state index contributed by atoms with van der Waals surface area (Å²) in [5.41, 5.74) is 3.23. The van der Waals surface area contributed by atoms with Crippen molar-refractivity contribution in [2.24, 2.45) is 0 Å². The van der Waals surface area contributed by atoms with Crippen molar-refractivity contribution in [1.29, 1.82) is 0 Å². The monoisotopic (exact) mass is 308 g/mol. The van der Waals surface area contributed by atoms with E-state index in [1.54, 1.807) is 6.07 Å². The first-order valence-corrected chi connectivity index (χ1v) is 7.91. The minimum atomic E-state index is -0.0689. The van der Waals surface area contributed by atoms with E-state index < -0.39 is 0 Å². The fourth-order valence-corrected chi connectivity index (χ4v) is 2.72. The molecular formula is C19H22N3O+. The number of rotatable bonds is 4. The smallest absolute Gasteiger partial charge is 0.258 e. The Morgan fingerprint density at radius 1 is 1.13 bits per heavy atom. The molecule has 4 nitrogen and oxygen atoms in total. The highest BCUT2D eigenvalue weighted by Crippen LogP contribution is 2.09. The number of aryl methyl sites for hydroxylation is 1. The maximum atomic E-state index is 12.2. The third-order valence-corrected chi connectivity index (χ3v) is 4.38. The van der Waals surface area contributed by atoms with E-state index in [1.807, 2.05) is 18.2 Å². The van der Waals surface area contributed by atoms with E-state index >= 15 is 0 Å². The van der Waals surface area contributed by atoms with E-state index in [2.05, 4.69) is 55.1 Å². The van der Waals surface area contributed by atoms with Crippen molar-refractivity contribution < 1.29 is 4.90 Å². The maximum absolute atomic E-state index is 12.2. The predicted molar refractivity (Wildman–Crippen MR) is 92.5 cm³/mol. The highest BCUT2D eigenvalue weighted by molar-refractivity contribution is 5.77. The number of para-hydroxylation sites is 1. The lowest BCUT2D eigenvalue weighted by Crippen LogP contribution is -3.07. The maximum Gasteiger partial charge on any atom is 0.258 e. The number of quaternary nitrogens is 1. The van der Waals surface area contributed by atoms with E-state index in [9.17, 15) is 4.79 Å². The van der Waals surface area contributed by atoms with Gasteiger partial charge in [-0.3, -0.25) is 4.79 Å². The molecule has 2 atom stereocenters. The molecule has 0 aliphatic rings. The zero-order valence-electron chi connectivity index (χ0n) is 13.8. The van der Waals surface area contributed by atoms with Crippen LogP contribution in [-0.2, 0) is 6.54 Å². The molecule has 2 aromatic carbocycles. The molecular weight excluding hydrogens is 286 g/mol. The van der Waals surface area contributed by atoms with Crippen molar-refractivity contribution in [1.82, 2.24) is 9.97 Å². The van der Waals surface area contributed by atoms with Gasteiger partial charge in [0.05, 0.1) is 18.0 Å². The number of hydrogen-bond donors (Lipinski definition) is 2. The van der Waals surface area contributed by atoms with Crippen LogP contribution in [-0.4, -0.2) is 17.0 Å². The third-order valence-electron chi connectivity index (χ3n) is 4.38. The molecule has 0 bridgehead atoms. The molecule has 1 heterocycles. The Labute approximate surface area is 135 Å². The van der Waals surface area contributed by atoms with Crippen molar-refractivity contribution in [3.05, 3.63) is 75.8 Å². The standard InChI is InChI=1S/C19H21N3O/c1-13-8-10-15(11-9-13)12-22(3)14(2)18-20-17-7-5-4-6-16(17)19(23)21-18/h4-11,14H,12H2,1-3H3,(H,20,21,23)/p+1/t14-/m0/s1. The summed E-state index contributed by atoms with van der Waals surface area (Å²) in [7, 11) is 2.12. The van der Waals surface area contributed by atoms with Gasteiger partial charge in [0, 0.05) is 5.56 Å². The number of fused-ring (bicyclic) bond motifs is 1. The van der Waals surface area contributed by atoms with Gasteiger partial charge < -0.3 is 9.88 Å². The van der Waals surface area contributed by atoms with Crippen LogP contribution in [0.3, 0.4) is 0 Å². The lowest BCUT2D eigenvalue weighted by atomic mass is 10.1. The number of nitrogens with one attached hydrogen (secondary N) is 2. The van der Waals surface area contributed by atoms with Crippen molar-refractivity contribution in [3.63, 3.8) is 0 Å². The molecule has 1 unspecified atom stereocenters. The molecule has 4 heteroatoms. The average Bonchev–Trinajstić information content (AvgIpc) is 2.56. The van der Waals surface area contributed by atoms with Gasteiger partial charge >= 0.3 is 0 Å². The summed E-state index contributed by atoms with van der Waals surface area (Å²) in [6, 6.07) is 16.1. The summed E-state index contributed by atoms with van der Waals surface area (Å²) >= 11 is 0. The number of nitrogens with zero attached hydrogens (tertiary/aromatic N) is 1. The summed E-state index contributed by atoms with van der Waals surface area (Å²) in [5, 5.41) is 0.639. The molecule has 0 aliphatic heterocycles. The molecule has 3 aromatic rings. The topological polar surface area (TPSA) is 50.2 Å². The molecule has 0 spiro atoms. The van der Waals surface area contributed by atoms with Crippen LogP contribution in [0.5, 0.6) is 0 Å². The Morgan fingerprint density at radius 2 is 1.83 bits per heavy atom. The number of hydrogen-bond acceptors (Lipinski definition) is 2. The first-order chi connectivity index (χ1) is 11.0. The Bertz CT molecular complexity index is 868. The van der Waals surface area contributed by atoms with Crippen molar-refractivity contribution >= 4 is 10.9 Å². The molecule has 2 N–H and O–H groups in total. The van der Waals surface area contributed by atoms with Crippen molar-refractivity contribution in [2.75, 3.05) is 7.05 Å². The highest BCUT2D eigenvalue weighted by Gasteiger charge is 2.19.